The molecule has 1 heterocycles. The lowest BCUT2D eigenvalue weighted by Crippen LogP contribution is -2.29. The third-order valence-corrected chi connectivity index (χ3v) is 11.4. The second-order valence-electron chi connectivity index (χ2n) is 14.5. The fraction of sp³-hybridized carbons (Fsp3) is 0.265. The minimum Gasteiger partial charge on any atom is -0.497 e. The molecule has 0 unspecified atom stereocenters. The molecule has 0 N–H and O–H groups in total. The van der Waals surface area contributed by atoms with Gasteiger partial charge in [-0.25, -0.2) is 0 Å². The van der Waals surface area contributed by atoms with E-state index in [1.54, 1.807) is 14.2 Å². The summed E-state index contributed by atoms with van der Waals surface area (Å²) in [5.41, 5.74) is 13.0. The Morgan fingerprint density at radius 2 is 0.642 bits per heavy atom. The molecule has 1 saturated heterocycles. The van der Waals surface area contributed by atoms with Crippen molar-refractivity contribution in [2.24, 2.45) is 0 Å². The Morgan fingerprint density at radius 1 is 0.396 bits per heavy atom. The fourth-order valence-corrected chi connectivity index (χ4v) is 8.23. The average molecular weight is 701 g/mol. The van der Waals surface area contributed by atoms with Crippen molar-refractivity contribution in [2.75, 3.05) is 43.8 Å². The maximum absolute atomic E-state index is 6.02. The van der Waals surface area contributed by atoms with E-state index >= 15 is 0 Å². The van der Waals surface area contributed by atoms with E-state index in [0.29, 0.717) is 0 Å². The Kier molecular flexibility index (Phi) is 10.9. The van der Waals surface area contributed by atoms with Gasteiger partial charge in [0.25, 0.3) is 0 Å². The number of ether oxygens (including phenoxy) is 2. The van der Waals surface area contributed by atoms with E-state index in [1.807, 2.05) is 0 Å². The summed E-state index contributed by atoms with van der Waals surface area (Å²) in [6.07, 6.45) is 0. The van der Waals surface area contributed by atoms with Crippen LogP contribution in [0.5, 0.6) is 11.5 Å². The highest BCUT2D eigenvalue weighted by Gasteiger charge is 2.33. The molecule has 1 fully saturated rings. The van der Waals surface area contributed by atoms with Crippen LogP contribution >= 0.6 is 0 Å². The third kappa shape index (κ3) is 7.41. The molecular formula is C49H52N2O2. The van der Waals surface area contributed by atoms with Crippen molar-refractivity contribution in [2.45, 2.75) is 51.4 Å². The summed E-state index contributed by atoms with van der Waals surface area (Å²) in [5.74, 6) is 2.46. The van der Waals surface area contributed by atoms with Crippen LogP contribution in [0.1, 0.15) is 95.9 Å². The van der Waals surface area contributed by atoms with Crippen molar-refractivity contribution >= 4 is 11.4 Å². The second-order valence-corrected chi connectivity index (χ2v) is 14.5. The molecule has 0 aliphatic carbocycles. The first-order chi connectivity index (χ1) is 25.9. The Labute approximate surface area is 316 Å². The van der Waals surface area contributed by atoms with Crippen LogP contribution in [-0.2, 0) is 0 Å². The van der Waals surface area contributed by atoms with Crippen LogP contribution in [0, 0.1) is 0 Å². The van der Waals surface area contributed by atoms with Crippen molar-refractivity contribution in [1.29, 1.82) is 0 Å². The van der Waals surface area contributed by atoms with E-state index < -0.39 is 0 Å². The van der Waals surface area contributed by atoms with Crippen molar-refractivity contribution < 1.29 is 9.47 Å². The van der Waals surface area contributed by atoms with Gasteiger partial charge in [-0.05, 0) is 68.8 Å². The van der Waals surface area contributed by atoms with Crippen molar-refractivity contribution in [1.82, 2.24) is 0 Å². The van der Waals surface area contributed by atoms with E-state index in [-0.39, 0.29) is 23.7 Å². The monoisotopic (exact) mass is 700 g/mol. The maximum atomic E-state index is 6.02. The number of rotatable bonds is 12. The van der Waals surface area contributed by atoms with Gasteiger partial charge in [-0.15, -0.1) is 0 Å². The first-order valence-electron chi connectivity index (χ1n) is 19.0. The Balaban J connectivity index is 1.39. The molecule has 0 aromatic heterocycles. The number of anilines is 2. The third-order valence-electron chi connectivity index (χ3n) is 11.4. The zero-order chi connectivity index (χ0) is 36.9. The van der Waals surface area contributed by atoms with Crippen LogP contribution < -0.4 is 19.3 Å². The van der Waals surface area contributed by atoms with Gasteiger partial charge in [-0.2, -0.15) is 0 Å². The van der Waals surface area contributed by atoms with Gasteiger partial charge >= 0.3 is 0 Å². The molecule has 4 heteroatoms. The largest absolute Gasteiger partial charge is 0.497 e. The van der Waals surface area contributed by atoms with Crippen LogP contribution in [0.3, 0.4) is 0 Å². The smallest absolute Gasteiger partial charge is 0.119 e. The molecule has 0 radical (unpaired) electrons. The summed E-state index contributed by atoms with van der Waals surface area (Å²) in [6, 6.07) is 52.6. The van der Waals surface area contributed by atoms with Crippen LogP contribution in [0.4, 0.5) is 11.4 Å². The first-order valence-corrected chi connectivity index (χ1v) is 19.0. The zero-order valence-corrected chi connectivity index (χ0v) is 32.0. The van der Waals surface area contributed by atoms with E-state index in [0.717, 1.165) is 31.3 Å². The molecular weight excluding hydrogens is 649 g/mol. The number of nitrogens with zero attached hydrogens (tertiary/aromatic N) is 2. The minimum absolute atomic E-state index is 0.167. The molecule has 0 spiro atoms. The lowest BCUT2D eigenvalue weighted by atomic mass is 9.84. The molecule has 270 valence electrons. The van der Waals surface area contributed by atoms with Crippen molar-refractivity contribution in [3.05, 3.63) is 190 Å². The first kappa shape index (κ1) is 35.9. The molecule has 4 nitrogen and oxygen atoms in total. The Hall–Kier alpha value is -5.48. The summed E-state index contributed by atoms with van der Waals surface area (Å²) in [5, 5.41) is 0. The van der Waals surface area contributed by atoms with Crippen LogP contribution in [0.25, 0.3) is 0 Å². The van der Waals surface area contributed by atoms with E-state index in [1.165, 1.54) is 55.9 Å². The van der Waals surface area contributed by atoms with Crippen LogP contribution in [-0.4, -0.2) is 34.0 Å². The summed E-state index contributed by atoms with van der Waals surface area (Å²) in [6.45, 7) is 11.9. The number of hydrogen-bond acceptors (Lipinski definition) is 4. The fourth-order valence-electron chi connectivity index (χ4n) is 8.23. The van der Waals surface area contributed by atoms with Gasteiger partial charge < -0.3 is 19.3 Å². The van der Waals surface area contributed by atoms with Gasteiger partial charge in [-0.3, -0.25) is 0 Å². The molecule has 6 aromatic carbocycles. The summed E-state index contributed by atoms with van der Waals surface area (Å²) >= 11 is 0. The summed E-state index contributed by atoms with van der Waals surface area (Å²) in [7, 11) is 3.57. The van der Waals surface area contributed by atoms with Crippen molar-refractivity contribution in [3.8, 4) is 11.5 Å². The lowest BCUT2D eigenvalue weighted by Gasteiger charge is -2.33. The highest BCUT2D eigenvalue weighted by Crippen LogP contribution is 2.47. The molecule has 7 rings (SSSR count). The molecule has 4 atom stereocenters. The van der Waals surface area contributed by atoms with Crippen LogP contribution in [0.2, 0.25) is 0 Å². The second kappa shape index (κ2) is 16.0. The van der Waals surface area contributed by atoms with Gasteiger partial charge in [-0.1, -0.05) is 149 Å². The van der Waals surface area contributed by atoms with Crippen LogP contribution in [0.15, 0.2) is 146 Å². The van der Waals surface area contributed by atoms with Gasteiger partial charge in [0.1, 0.15) is 11.5 Å². The predicted octanol–water partition coefficient (Wildman–Crippen LogP) is 11.6. The quantitative estimate of drug-likeness (QED) is 0.127. The summed E-state index contributed by atoms with van der Waals surface area (Å²) in [4.78, 5) is 5.25. The number of methoxy groups -OCH3 is 2. The number of hydrogen-bond donors (Lipinski definition) is 0. The van der Waals surface area contributed by atoms with E-state index in [2.05, 4.69) is 183 Å². The molecule has 1 aliphatic heterocycles. The van der Waals surface area contributed by atoms with Gasteiger partial charge in [0.2, 0.25) is 0 Å². The standard InChI is InChI=1S/C49H52N2O2/c1-34(38-19-11-7-12-20-38)44-29-42(52-5)30-45(35(2)39-21-13-8-14-22-39)48(44)50-27-28-51(33-50)49-46(36(3)40-23-15-9-16-24-40)31-43(53-6)32-47(49)37(4)41-25-17-10-18-26-41/h7-26,29-32,34-37H,27-28,33H2,1-6H3/t34-,35-,36-,37-/m1/s1. The van der Waals surface area contributed by atoms with Gasteiger partial charge in [0.15, 0.2) is 0 Å². The molecule has 0 bridgehead atoms. The molecule has 53 heavy (non-hydrogen) atoms. The molecule has 1 aliphatic rings. The maximum Gasteiger partial charge on any atom is 0.119 e. The van der Waals surface area contributed by atoms with Gasteiger partial charge in [0, 0.05) is 48.1 Å². The minimum atomic E-state index is 0.167. The zero-order valence-electron chi connectivity index (χ0n) is 32.0. The molecule has 6 aromatic rings. The highest BCUT2D eigenvalue weighted by molar-refractivity contribution is 5.72. The normalized spacial score (nSPS) is 15.1. The highest BCUT2D eigenvalue weighted by atomic mass is 16.5. The van der Waals surface area contributed by atoms with Gasteiger partial charge in [0.05, 0.1) is 20.9 Å². The average Bonchev–Trinajstić information content (AvgIpc) is 3.72. The van der Waals surface area contributed by atoms with E-state index in [4.69, 9.17) is 9.47 Å². The molecule has 0 saturated carbocycles. The molecule has 0 amide bonds. The van der Waals surface area contributed by atoms with E-state index in [9.17, 15) is 0 Å². The number of benzene rings is 6. The summed E-state index contributed by atoms with van der Waals surface area (Å²) < 4.78 is 12.0. The SMILES string of the molecule is COc1cc([C@H](C)c2ccccc2)c(N2CCN(c3c([C@H](C)c4ccccc4)cc(OC)cc3[C@H](C)c3ccccc3)C2)c([C@H](C)c2ccccc2)c1. The Bertz CT molecular complexity index is 1810. The topological polar surface area (TPSA) is 24.9 Å². The lowest BCUT2D eigenvalue weighted by molar-refractivity contribution is 0.413. The van der Waals surface area contributed by atoms with Crippen molar-refractivity contribution in [3.63, 3.8) is 0 Å². The predicted molar refractivity (Wildman–Crippen MR) is 221 cm³/mol. The Morgan fingerprint density at radius 3 is 0.868 bits per heavy atom.